The minimum absolute atomic E-state index is 0.0266. The van der Waals surface area contributed by atoms with Crippen LogP contribution >= 0.6 is 0 Å². The van der Waals surface area contributed by atoms with Gasteiger partial charge in [0.05, 0.1) is 11.0 Å². The molecule has 1 rings (SSSR count). The second kappa shape index (κ2) is 4.56. The van der Waals surface area contributed by atoms with Crippen molar-refractivity contribution in [3.63, 3.8) is 0 Å². The van der Waals surface area contributed by atoms with Gasteiger partial charge in [-0.2, -0.15) is 0 Å². The number of halogens is 1. The predicted molar refractivity (Wildman–Crippen MR) is 53.8 cm³/mol. The zero-order valence-electron chi connectivity index (χ0n) is 8.31. The smallest absolute Gasteiger partial charge is 0.325 e. The lowest BCUT2D eigenvalue weighted by Crippen LogP contribution is -2.25. The Balaban J connectivity index is 3.04. The molecule has 0 bridgehead atoms. The number of nitrogens with zero attached hydrogens (tertiary/aromatic N) is 1. The van der Waals surface area contributed by atoms with E-state index in [1.54, 1.807) is 0 Å². The summed E-state index contributed by atoms with van der Waals surface area (Å²) in [6.45, 7) is 1.33. The summed E-state index contributed by atoms with van der Waals surface area (Å²) >= 11 is 0. The van der Waals surface area contributed by atoms with Gasteiger partial charge in [0.2, 0.25) is 0 Å². The van der Waals surface area contributed by atoms with E-state index in [-0.39, 0.29) is 5.69 Å². The summed E-state index contributed by atoms with van der Waals surface area (Å²) in [4.78, 5) is 20.3. The number of hydrogen-bond acceptors (Lipinski definition) is 4. The number of nitro benzene ring substituents is 1. The lowest BCUT2D eigenvalue weighted by atomic mass is 10.2. The molecule has 0 heterocycles. The van der Waals surface area contributed by atoms with Crippen molar-refractivity contribution in [2.45, 2.75) is 13.0 Å². The van der Waals surface area contributed by atoms with E-state index in [1.807, 2.05) is 0 Å². The molecule has 0 saturated carbocycles. The van der Waals surface area contributed by atoms with Crippen molar-refractivity contribution in [2.24, 2.45) is 0 Å². The molecule has 0 fully saturated rings. The molecule has 0 aliphatic rings. The highest BCUT2D eigenvalue weighted by atomic mass is 19.1. The number of aliphatic carboxylic acids is 1. The molecule has 1 aromatic rings. The van der Waals surface area contributed by atoms with E-state index in [2.05, 4.69) is 5.32 Å². The largest absolute Gasteiger partial charge is 0.480 e. The Hall–Kier alpha value is -2.18. The van der Waals surface area contributed by atoms with Crippen LogP contribution in [0.3, 0.4) is 0 Å². The van der Waals surface area contributed by atoms with Crippen LogP contribution in [0.15, 0.2) is 18.2 Å². The van der Waals surface area contributed by atoms with E-state index in [1.165, 1.54) is 6.92 Å². The van der Waals surface area contributed by atoms with Gasteiger partial charge >= 0.3 is 5.97 Å². The van der Waals surface area contributed by atoms with E-state index in [4.69, 9.17) is 5.11 Å². The van der Waals surface area contributed by atoms with E-state index in [9.17, 15) is 19.3 Å². The van der Waals surface area contributed by atoms with Crippen LogP contribution in [0.25, 0.3) is 0 Å². The quantitative estimate of drug-likeness (QED) is 0.603. The Morgan fingerprint density at radius 2 is 2.25 bits per heavy atom. The van der Waals surface area contributed by atoms with Crippen molar-refractivity contribution in [3.8, 4) is 0 Å². The van der Waals surface area contributed by atoms with Gasteiger partial charge in [0.15, 0.2) is 0 Å². The minimum Gasteiger partial charge on any atom is -0.480 e. The molecule has 7 heteroatoms. The van der Waals surface area contributed by atoms with E-state index in [0.29, 0.717) is 0 Å². The molecule has 1 aromatic carbocycles. The Morgan fingerprint density at radius 3 is 2.75 bits per heavy atom. The van der Waals surface area contributed by atoms with Crippen LogP contribution < -0.4 is 5.32 Å². The van der Waals surface area contributed by atoms with Gasteiger partial charge in [-0.05, 0) is 19.1 Å². The first kappa shape index (κ1) is 11.9. The van der Waals surface area contributed by atoms with Gasteiger partial charge in [-0.3, -0.25) is 14.9 Å². The van der Waals surface area contributed by atoms with Gasteiger partial charge in [-0.15, -0.1) is 0 Å². The lowest BCUT2D eigenvalue weighted by molar-refractivity contribution is -0.384. The van der Waals surface area contributed by atoms with Crippen LogP contribution in [0.2, 0.25) is 0 Å². The zero-order valence-corrected chi connectivity index (χ0v) is 8.31. The molecule has 0 unspecified atom stereocenters. The SMILES string of the molecule is C[C@H](Nc1ccc(F)cc1[N+](=O)[O-])C(=O)O. The van der Waals surface area contributed by atoms with Crippen LogP contribution in [-0.4, -0.2) is 22.0 Å². The summed E-state index contributed by atoms with van der Waals surface area (Å²) in [7, 11) is 0. The molecule has 0 aliphatic heterocycles. The van der Waals surface area contributed by atoms with Gasteiger partial charge in [-0.1, -0.05) is 0 Å². The molecule has 86 valence electrons. The Labute approximate surface area is 89.9 Å². The normalized spacial score (nSPS) is 11.9. The van der Waals surface area contributed by atoms with Crippen molar-refractivity contribution in [2.75, 3.05) is 5.32 Å². The van der Waals surface area contributed by atoms with Crippen LogP contribution in [0.4, 0.5) is 15.8 Å². The van der Waals surface area contributed by atoms with E-state index >= 15 is 0 Å². The number of carboxylic acids is 1. The van der Waals surface area contributed by atoms with Crippen LogP contribution in [-0.2, 0) is 4.79 Å². The Morgan fingerprint density at radius 1 is 1.62 bits per heavy atom. The van der Waals surface area contributed by atoms with Crippen molar-refractivity contribution >= 4 is 17.3 Å². The number of nitrogens with one attached hydrogen (secondary N) is 1. The van der Waals surface area contributed by atoms with Crippen molar-refractivity contribution in [3.05, 3.63) is 34.1 Å². The van der Waals surface area contributed by atoms with Crippen molar-refractivity contribution in [1.82, 2.24) is 0 Å². The first-order chi connectivity index (χ1) is 7.41. The number of hydrogen-bond donors (Lipinski definition) is 2. The van der Waals surface area contributed by atoms with Crippen LogP contribution in [0, 0.1) is 15.9 Å². The molecular formula is C9H9FN2O4. The fraction of sp³-hybridized carbons (Fsp3) is 0.222. The minimum atomic E-state index is -1.15. The second-order valence-corrected chi connectivity index (χ2v) is 3.12. The zero-order chi connectivity index (χ0) is 12.3. The predicted octanol–water partition coefficient (Wildman–Crippen LogP) is 1.62. The molecule has 16 heavy (non-hydrogen) atoms. The number of nitro groups is 1. The highest BCUT2D eigenvalue weighted by Gasteiger charge is 2.18. The fourth-order valence-electron chi connectivity index (χ4n) is 1.07. The Bertz CT molecular complexity index is 436. The molecular weight excluding hydrogens is 219 g/mol. The average Bonchev–Trinajstić information content (AvgIpc) is 2.20. The van der Waals surface area contributed by atoms with E-state index < -0.39 is 28.4 Å². The monoisotopic (exact) mass is 228 g/mol. The van der Waals surface area contributed by atoms with Crippen LogP contribution in [0.1, 0.15) is 6.92 Å². The highest BCUT2D eigenvalue weighted by Crippen LogP contribution is 2.25. The molecule has 0 saturated heterocycles. The third-order valence-corrected chi connectivity index (χ3v) is 1.90. The fourth-order valence-corrected chi connectivity index (χ4v) is 1.07. The molecule has 0 aliphatic carbocycles. The van der Waals surface area contributed by atoms with Crippen molar-refractivity contribution in [1.29, 1.82) is 0 Å². The summed E-state index contributed by atoms with van der Waals surface area (Å²) in [5, 5.41) is 21.6. The average molecular weight is 228 g/mol. The molecule has 0 aromatic heterocycles. The van der Waals surface area contributed by atoms with Gasteiger partial charge in [-0.25, -0.2) is 4.39 Å². The maximum absolute atomic E-state index is 12.8. The van der Waals surface area contributed by atoms with Gasteiger partial charge in [0.1, 0.15) is 17.5 Å². The van der Waals surface area contributed by atoms with Gasteiger partial charge in [0.25, 0.3) is 5.69 Å². The third kappa shape index (κ3) is 2.66. The lowest BCUT2D eigenvalue weighted by Gasteiger charge is -2.10. The number of rotatable bonds is 4. The standard InChI is InChI=1S/C9H9FN2O4/c1-5(9(13)14)11-7-3-2-6(10)4-8(7)12(15)16/h2-5,11H,1H3,(H,13,14)/t5-/m0/s1. The first-order valence-electron chi connectivity index (χ1n) is 4.35. The number of carbonyl (C=O) groups is 1. The van der Waals surface area contributed by atoms with E-state index in [0.717, 1.165) is 18.2 Å². The van der Waals surface area contributed by atoms with Gasteiger partial charge < -0.3 is 10.4 Å². The topological polar surface area (TPSA) is 92.5 Å². The maximum Gasteiger partial charge on any atom is 0.325 e. The highest BCUT2D eigenvalue weighted by molar-refractivity contribution is 5.78. The van der Waals surface area contributed by atoms with Crippen molar-refractivity contribution < 1.29 is 19.2 Å². The Kier molecular flexibility index (Phi) is 3.39. The summed E-state index contributed by atoms with van der Waals surface area (Å²) in [6, 6.07) is 1.89. The van der Waals surface area contributed by atoms with Gasteiger partial charge in [0, 0.05) is 0 Å². The summed E-state index contributed by atoms with van der Waals surface area (Å²) in [5.41, 5.74) is -0.519. The molecule has 0 spiro atoms. The summed E-state index contributed by atoms with van der Waals surface area (Å²) in [6.07, 6.45) is 0. The first-order valence-corrected chi connectivity index (χ1v) is 4.35. The molecule has 0 radical (unpaired) electrons. The molecule has 2 N–H and O–H groups in total. The molecule has 0 amide bonds. The second-order valence-electron chi connectivity index (χ2n) is 3.12. The summed E-state index contributed by atoms with van der Waals surface area (Å²) in [5.74, 6) is -1.90. The van der Waals surface area contributed by atoms with Crippen LogP contribution in [0.5, 0.6) is 0 Å². The summed E-state index contributed by atoms with van der Waals surface area (Å²) < 4.78 is 12.8. The number of anilines is 1. The number of carboxylic acid groups (broad SMARTS) is 1. The maximum atomic E-state index is 12.8. The third-order valence-electron chi connectivity index (χ3n) is 1.90. The number of benzene rings is 1. The molecule has 1 atom stereocenters. The molecule has 6 nitrogen and oxygen atoms in total.